The Morgan fingerprint density at radius 3 is 3.00 bits per heavy atom. The summed E-state index contributed by atoms with van der Waals surface area (Å²) in [5.41, 5.74) is 0.400. The molecule has 0 aliphatic carbocycles. The van der Waals surface area contributed by atoms with Gasteiger partial charge in [0.05, 0.1) is 19.0 Å². The maximum Gasteiger partial charge on any atom is 0.274 e. The van der Waals surface area contributed by atoms with Gasteiger partial charge in [-0.15, -0.1) is 0 Å². The minimum Gasteiger partial charge on any atom is -0.384 e. The number of carbonyl (C=O) groups is 1. The van der Waals surface area contributed by atoms with E-state index in [4.69, 9.17) is 4.74 Å². The van der Waals surface area contributed by atoms with Crippen LogP contribution in [0.1, 0.15) is 23.3 Å². The van der Waals surface area contributed by atoms with Crippen LogP contribution in [0.5, 0.6) is 0 Å². The monoisotopic (exact) mass is 264 g/mol. The van der Waals surface area contributed by atoms with Crippen molar-refractivity contribution in [3.8, 4) is 0 Å². The van der Waals surface area contributed by atoms with Crippen LogP contribution in [-0.4, -0.2) is 54.6 Å². The molecular weight excluding hydrogens is 244 g/mol. The minimum atomic E-state index is -0.0454. The second-order valence-electron chi connectivity index (χ2n) is 4.75. The Balaban J connectivity index is 2.01. The second-order valence-corrected chi connectivity index (χ2v) is 4.75. The third-order valence-electron chi connectivity index (χ3n) is 3.34. The smallest absolute Gasteiger partial charge is 0.274 e. The molecule has 1 amide bonds. The summed E-state index contributed by atoms with van der Waals surface area (Å²) >= 11 is 0. The molecule has 0 radical (unpaired) electrons. The summed E-state index contributed by atoms with van der Waals surface area (Å²) in [6.45, 7) is 2.23. The van der Waals surface area contributed by atoms with Crippen molar-refractivity contribution in [2.24, 2.45) is 5.92 Å². The molecule has 0 saturated carbocycles. The van der Waals surface area contributed by atoms with Crippen LogP contribution < -0.4 is 5.32 Å². The van der Waals surface area contributed by atoms with Crippen LogP contribution in [0.15, 0.2) is 12.4 Å². The van der Waals surface area contributed by atoms with Gasteiger partial charge in [0.1, 0.15) is 11.5 Å². The Morgan fingerprint density at radius 1 is 1.53 bits per heavy atom. The van der Waals surface area contributed by atoms with E-state index < -0.39 is 0 Å². The third kappa shape index (κ3) is 3.41. The highest BCUT2D eigenvalue weighted by molar-refractivity contribution is 5.92. The molecule has 2 rings (SSSR count). The molecule has 1 aromatic heterocycles. The van der Waals surface area contributed by atoms with Crippen LogP contribution in [0.2, 0.25) is 0 Å². The third-order valence-corrected chi connectivity index (χ3v) is 3.34. The number of piperidine rings is 1. The number of anilines is 1. The van der Waals surface area contributed by atoms with Crippen LogP contribution in [0.3, 0.4) is 0 Å². The first kappa shape index (κ1) is 13.7. The molecule has 1 aliphatic rings. The fourth-order valence-electron chi connectivity index (χ4n) is 2.35. The molecule has 0 spiro atoms. The zero-order valence-corrected chi connectivity index (χ0v) is 11.4. The lowest BCUT2D eigenvalue weighted by atomic mass is 9.99. The molecule has 1 saturated heterocycles. The van der Waals surface area contributed by atoms with Gasteiger partial charge in [0.25, 0.3) is 5.91 Å². The van der Waals surface area contributed by atoms with Gasteiger partial charge in [-0.05, 0) is 18.8 Å². The van der Waals surface area contributed by atoms with Gasteiger partial charge in [-0.2, -0.15) is 0 Å². The van der Waals surface area contributed by atoms with Crippen molar-refractivity contribution in [1.29, 1.82) is 0 Å². The first-order valence-electron chi connectivity index (χ1n) is 6.52. The first-order chi connectivity index (χ1) is 9.24. The Labute approximate surface area is 113 Å². The van der Waals surface area contributed by atoms with E-state index in [2.05, 4.69) is 15.3 Å². The molecule has 0 aromatic carbocycles. The Kier molecular flexibility index (Phi) is 4.68. The predicted octanol–water partition coefficient (Wildman–Crippen LogP) is 1.02. The fourth-order valence-corrected chi connectivity index (χ4v) is 2.35. The summed E-state index contributed by atoms with van der Waals surface area (Å²) in [5.74, 6) is 1.04. The molecule has 0 bridgehead atoms. The number of hydrogen-bond donors (Lipinski definition) is 1. The molecule has 6 nitrogen and oxygen atoms in total. The van der Waals surface area contributed by atoms with E-state index in [0.717, 1.165) is 25.9 Å². The lowest BCUT2D eigenvalue weighted by Crippen LogP contribution is -2.41. The van der Waals surface area contributed by atoms with E-state index in [9.17, 15) is 4.79 Å². The summed E-state index contributed by atoms with van der Waals surface area (Å²) in [7, 11) is 3.47. The summed E-state index contributed by atoms with van der Waals surface area (Å²) in [4.78, 5) is 22.4. The molecule has 1 fully saturated rings. The Bertz CT molecular complexity index is 419. The summed E-state index contributed by atoms with van der Waals surface area (Å²) < 4.78 is 5.17. The van der Waals surface area contributed by atoms with Gasteiger partial charge in [-0.1, -0.05) is 0 Å². The van der Waals surface area contributed by atoms with Crippen molar-refractivity contribution in [2.45, 2.75) is 12.8 Å². The molecule has 19 heavy (non-hydrogen) atoms. The van der Waals surface area contributed by atoms with E-state index in [1.54, 1.807) is 20.4 Å². The zero-order valence-electron chi connectivity index (χ0n) is 11.4. The van der Waals surface area contributed by atoms with Gasteiger partial charge in [0, 0.05) is 27.2 Å². The zero-order chi connectivity index (χ0) is 13.7. The van der Waals surface area contributed by atoms with Gasteiger partial charge < -0.3 is 15.0 Å². The average Bonchev–Trinajstić information content (AvgIpc) is 2.47. The van der Waals surface area contributed by atoms with Crippen molar-refractivity contribution in [3.63, 3.8) is 0 Å². The van der Waals surface area contributed by atoms with Crippen molar-refractivity contribution in [1.82, 2.24) is 14.9 Å². The molecule has 6 heteroatoms. The SMILES string of the molecule is CNc1cnc(C(=O)N2CCCC(COC)C2)cn1. The topological polar surface area (TPSA) is 67.4 Å². The molecule has 1 atom stereocenters. The highest BCUT2D eigenvalue weighted by atomic mass is 16.5. The maximum atomic E-state index is 12.3. The van der Waals surface area contributed by atoms with E-state index in [0.29, 0.717) is 24.0 Å². The largest absolute Gasteiger partial charge is 0.384 e. The van der Waals surface area contributed by atoms with Crippen LogP contribution in [0.4, 0.5) is 5.82 Å². The number of hydrogen-bond acceptors (Lipinski definition) is 5. The molecule has 1 N–H and O–H groups in total. The van der Waals surface area contributed by atoms with E-state index in [1.807, 2.05) is 4.90 Å². The summed E-state index contributed by atoms with van der Waals surface area (Å²) in [6.07, 6.45) is 5.22. The van der Waals surface area contributed by atoms with Crippen LogP contribution >= 0.6 is 0 Å². The average molecular weight is 264 g/mol. The lowest BCUT2D eigenvalue weighted by Gasteiger charge is -2.32. The minimum absolute atomic E-state index is 0.0454. The summed E-state index contributed by atoms with van der Waals surface area (Å²) in [6, 6.07) is 0. The number of nitrogens with zero attached hydrogens (tertiary/aromatic N) is 3. The number of aromatic nitrogens is 2. The normalized spacial score (nSPS) is 19.3. The van der Waals surface area contributed by atoms with Gasteiger partial charge in [0.15, 0.2) is 0 Å². The van der Waals surface area contributed by atoms with Gasteiger partial charge in [0.2, 0.25) is 0 Å². The fraction of sp³-hybridized carbons (Fsp3) is 0.615. The van der Waals surface area contributed by atoms with Gasteiger partial charge in [-0.25, -0.2) is 9.97 Å². The standard InChI is InChI=1S/C13H20N4O2/c1-14-12-7-15-11(6-16-12)13(18)17-5-3-4-10(8-17)9-19-2/h6-7,10H,3-5,8-9H2,1-2H3,(H,14,16). The van der Waals surface area contributed by atoms with E-state index in [1.165, 1.54) is 6.20 Å². The van der Waals surface area contributed by atoms with E-state index in [-0.39, 0.29) is 5.91 Å². The highest BCUT2D eigenvalue weighted by Crippen LogP contribution is 2.18. The molecule has 1 unspecified atom stereocenters. The highest BCUT2D eigenvalue weighted by Gasteiger charge is 2.25. The molecular formula is C13H20N4O2. The maximum absolute atomic E-state index is 12.3. The van der Waals surface area contributed by atoms with Crippen molar-refractivity contribution in [2.75, 3.05) is 39.2 Å². The number of carbonyl (C=O) groups excluding carboxylic acids is 1. The molecule has 1 aromatic rings. The number of methoxy groups -OCH3 is 1. The Morgan fingerprint density at radius 2 is 2.37 bits per heavy atom. The summed E-state index contributed by atoms with van der Waals surface area (Å²) in [5, 5.41) is 2.88. The van der Waals surface area contributed by atoms with Crippen molar-refractivity contribution in [3.05, 3.63) is 18.1 Å². The van der Waals surface area contributed by atoms with Crippen molar-refractivity contribution >= 4 is 11.7 Å². The second kappa shape index (κ2) is 6.47. The quantitative estimate of drug-likeness (QED) is 0.879. The predicted molar refractivity (Wildman–Crippen MR) is 72.1 cm³/mol. The number of nitrogens with one attached hydrogen (secondary N) is 1. The van der Waals surface area contributed by atoms with Gasteiger partial charge in [-0.3, -0.25) is 4.79 Å². The molecule has 2 heterocycles. The number of ether oxygens (including phenoxy) is 1. The molecule has 104 valence electrons. The molecule has 1 aliphatic heterocycles. The van der Waals surface area contributed by atoms with Crippen molar-refractivity contribution < 1.29 is 9.53 Å². The van der Waals surface area contributed by atoms with Crippen LogP contribution in [-0.2, 0) is 4.74 Å². The number of rotatable bonds is 4. The van der Waals surface area contributed by atoms with Gasteiger partial charge >= 0.3 is 0 Å². The number of amides is 1. The van der Waals surface area contributed by atoms with E-state index >= 15 is 0 Å². The van der Waals surface area contributed by atoms with Crippen LogP contribution in [0, 0.1) is 5.92 Å². The van der Waals surface area contributed by atoms with Crippen LogP contribution in [0.25, 0.3) is 0 Å². The number of likely N-dealkylation sites (tertiary alicyclic amines) is 1. The lowest BCUT2D eigenvalue weighted by molar-refractivity contribution is 0.0565. The first-order valence-corrected chi connectivity index (χ1v) is 6.52. The Hall–Kier alpha value is -1.69.